The van der Waals surface area contributed by atoms with Crippen LogP contribution in [0.15, 0.2) is 63.0 Å². The third-order valence-corrected chi connectivity index (χ3v) is 5.85. The summed E-state index contributed by atoms with van der Waals surface area (Å²) in [5.41, 5.74) is 1.40. The zero-order valence-electron chi connectivity index (χ0n) is 16.2. The van der Waals surface area contributed by atoms with E-state index >= 15 is 0 Å². The molecule has 1 N–H and O–H groups in total. The van der Waals surface area contributed by atoms with E-state index in [1.807, 2.05) is 43.3 Å². The number of ketones is 1. The molecule has 1 heterocycles. The van der Waals surface area contributed by atoms with Crippen molar-refractivity contribution >= 4 is 49.3 Å². The average Bonchev–Trinajstić information content (AvgIpc) is 2.93. The Kier molecular flexibility index (Phi) is 6.93. The number of Topliss-reactive ketones (excluding diaryl/α,β-unsaturated/α-hetero) is 1. The number of aliphatic hydroxyl groups excluding tert-OH is 1. The van der Waals surface area contributed by atoms with Gasteiger partial charge in [0.05, 0.1) is 11.6 Å². The molecule has 0 radical (unpaired) electrons. The molecule has 0 aromatic heterocycles. The summed E-state index contributed by atoms with van der Waals surface area (Å²) in [5, 5.41) is 11.0. The fourth-order valence-electron chi connectivity index (χ4n) is 3.45. The van der Waals surface area contributed by atoms with Crippen LogP contribution in [-0.4, -0.2) is 53.8 Å². The number of likely N-dealkylation sites (tertiary alicyclic amines) is 1. The third kappa shape index (κ3) is 4.79. The number of hydrogen-bond acceptors (Lipinski definition) is 4. The van der Waals surface area contributed by atoms with Crippen LogP contribution in [0.2, 0.25) is 0 Å². The van der Waals surface area contributed by atoms with Crippen molar-refractivity contribution < 1.29 is 14.7 Å². The largest absolute Gasteiger partial charge is 0.507 e. The number of halogens is 2. The predicted molar refractivity (Wildman–Crippen MR) is 120 cm³/mol. The van der Waals surface area contributed by atoms with Crippen LogP contribution in [0.25, 0.3) is 5.76 Å². The topological polar surface area (TPSA) is 60.9 Å². The van der Waals surface area contributed by atoms with Crippen LogP contribution in [0.4, 0.5) is 0 Å². The van der Waals surface area contributed by atoms with Gasteiger partial charge in [-0.1, -0.05) is 56.1 Å². The first-order valence-electron chi connectivity index (χ1n) is 9.24. The first kappa shape index (κ1) is 21.7. The number of rotatable bonds is 6. The first-order chi connectivity index (χ1) is 13.8. The Morgan fingerprint density at radius 1 is 1.07 bits per heavy atom. The number of aliphatic hydroxyl groups is 1. The fourth-order valence-corrected chi connectivity index (χ4v) is 4.14. The van der Waals surface area contributed by atoms with E-state index in [0.717, 1.165) is 27.5 Å². The Balaban J connectivity index is 2.09. The molecule has 0 bridgehead atoms. The number of amides is 1. The zero-order chi connectivity index (χ0) is 21.1. The normalized spacial score (nSPS) is 18.7. The Morgan fingerprint density at radius 2 is 1.76 bits per heavy atom. The maximum Gasteiger partial charge on any atom is 0.295 e. The van der Waals surface area contributed by atoms with Gasteiger partial charge in [0.2, 0.25) is 0 Å². The fraction of sp³-hybridized carbons (Fsp3) is 0.273. The highest BCUT2D eigenvalue weighted by molar-refractivity contribution is 9.10. The molecule has 0 spiro atoms. The molecule has 0 unspecified atom stereocenters. The molecule has 29 heavy (non-hydrogen) atoms. The summed E-state index contributed by atoms with van der Waals surface area (Å²) < 4.78 is 1.71. The molecule has 1 amide bonds. The maximum atomic E-state index is 12.9. The van der Waals surface area contributed by atoms with Gasteiger partial charge in [-0.2, -0.15) is 0 Å². The maximum absolute atomic E-state index is 12.9. The molecule has 1 fully saturated rings. The van der Waals surface area contributed by atoms with Crippen molar-refractivity contribution in [3.63, 3.8) is 0 Å². The van der Waals surface area contributed by atoms with Crippen molar-refractivity contribution in [1.82, 2.24) is 9.80 Å². The summed E-state index contributed by atoms with van der Waals surface area (Å²) in [6.07, 6.45) is 0.725. The van der Waals surface area contributed by atoms with Gasteiger partial charge in [0.1, 0.15) is 5.76 Å². The summed E-state index contributed by atoms with van der Waals surface area (Å²) in [6.45, 7) is 1.22. The summed E-state index contributed by atoms with van der Waals surface area (Å²) in [7, 11) is 3.93. The van der Waals surface area contributed by atoms with Crippen LogP contribution in [0, 0.1) is 0 Å². The van der Waals surface area contributed by atoms with Crippen LogP contribution in [0.3, 0.4) is 0 Å². The quantitative estimate of drug-likeness (QED) is 0.343. The van der Waals surface area contributed by atoms with Crippen LogP contribution in [-0.2, 0) is 9.59 Å². The molecule has 3 rings (SSSR count). The Morgan fingerprint density at radius 3 is 2.38 bits per heavy atom. The lowest BCUT2D eigenvalue weighted by molar-refractivity contribution is -0.139. The minimum atomic E-state index is -0.653. The van der Waals surface area contributed by atoms with Crippen LogP contribution >= 0.6 is 31.9 Å². The summed E-state index contributed by atoms with van der Waals surface area (Å²) >= 11 is 6.83. The minimum Gasteiger partial charge on any atom is -0.507 e. The monoisotopic (exact) mass is 520 g/mol. The molecule has 7 heteroatoms. The van der Waals surface area contributed by atoms with Crippen molar-refractivity contribution in [2.75, 3.05) is 27.2 Å². The second-order valence-corrected chi connectivity index (χ2v) is 9.04. The van der Waals surface area contributed by atoms with Crippen LogP contribution in [0.1, 0.15) is 23.6 Å². The molecule has 152 valence electrons. The first-order valence-corrected chi connectivity index (χ1v) is 10.8. The van der Waals surface area contributed by atoms with Gasteiger partial charge in [-0.25, -0.2) is 0 Å². The Labute approximate surface area is 187 Å². The molecule has 5 nitrogen and oxygen atoms in total. The van der Waals surface area contributed by atoms with E-state index in [4.69, 9.17) is 0 Å². The van der Waals surface area contributed by atoms with Gasteiger partial charge in [0.15, 0.2) is 0 Å². The molecule has 0 aliphatic carbocycles. The van der Waals surface area contributed by atoms with Gasteiger partial charge < -0.3 is 14.9 Å². The van der Waals surface area contributed by atoms with Crippen molar-refractivity contribution in [2.24, 2.45) is 0 Å². The molecule has 1 saturated heterocycles. The number of nitrogens with zero attached hydrogens (tertiary/aromatic N) is 2. The highest BCUT2D eigenvalue weighted by Crippen LogP contribution is 2.40. The van der Waals surface area contributed by atoms with E-state index in [-0.39, 0.29) is 11.3 Å². The summed E-state index contributed by atoms with van der Waals surface area (Å²) in [4.78, 5) is 29.4. The van der Waals surface area contributed by atoms with E-state index < -0.39 is 17.7 Å². The second-order valence-electron chi connectivity index (χ2n) is 7.21. The standard InChI is InChI=1S/C22H22Br2N2O3/c1-25(2)11-4-12-26-19(15-5-3-6-17(24)13-15)18(21(28)22(26)29)20(27)14-7-9-16(23)10-8-14/h3,5-10,13,19,27H,4,11-12H2,1-2H3/b20-18+/t19-/m0/s1. The van der Waals surface area contributed by atoms with E-state index in [1.165, 1.54) is 0 Å². The molecule has 0 saturated carbocycles. The molecule has 2 aromatic rings. The van der Waals surface area contributed by atoms with Gasteiger partial charge in [0, 0.05) is 21.1 Å². The van der Waals surface area contributed by atoms with E-state index in [9.17, 15) is 14.7 Å². The summed E-state index contributed by atoms with van der Waals surface area (Å²) in [6, 6.07) is 13.9. The number of benzene rings is 2. The van der Waals surface area contributed by atoms with Gasteiger partial charge in [0.25, 0.3) is 11.7 Å². The van der Waals surface area contributed by atoms with Crippen molar-refractivity contribution in [3.8, 4) is 0 Å². The Bertz CT molecular complexity index is 955. The summed E-state index contributed by atoms with van der Waals surface area (Å²) in [5.74, 6) is -1.39. The van der Waals surface area contributed by atoms with Gasteiger partial charge in [-0.05, 0) is 56.9 Å². The lowest BCUT2D eigenvalue weighted by Crippen LogP contribution is -2.32. The minimum absolute atomic E-state index is 0.125. The predicted octanol–water partition coefficient (Wildman–Crippen LogP) is 4.59. The van der Waals surface area contributed by atoms with E-state index in [1.54, 1.807) is 29.2 Å². The molecular formula is C22H22Br2N2O3. The van der Waals surface area contributed by atoms with Gasteiger partial charge in [-0.3, -0.25) is 9.59 Å². The van der Waals surface area contributed by atoms with E-state index in [2.05, 4.69) is 31.9 Å². The van der Waals surface area contributed by atoms with Crippen LogP contribution in [0.5, 0.6) is 0 Å². The number of carbonyl (C=O) groups excluding carboxylic acids is 2. The van der Waals surface area contributed by atoms with Gasteiger partial charge in [-0.15, -0.1) is 0 Å². The van der Waals surface area contributed by atoms with Crippen LogP contribution < -0.4 is 0 Å². The molecule has 1 aliphatic rings. The SMILES string of the molecule is CN(C)CCCN1C(=O)C(=O)/C(=C(/O)c2ccc(Br)cc2)[C@@H]1c1cccc(Br)c1. The van der Waals surface area contributed by atoms with Crippen molar-refractivity contribution in [2.45, 2.75) is 12.5 Å². The van der Waals surface area contributed by atoms with Crippen molar-refractivity contribution in [1.29, 1.82) is 0 Å². The highest BCUT2D eigenvalue weighted by Gasteiger charge is 2.45. The Hall–Kier alpha value is -1.96. The number of carbonyl (C=O) groups is 2. The molecular weight excluding hydrogens is 500 g/mol. The van der Waals surface area contributed by atoms with E-state index in [0.29, 0.717) is 12.1 Å². The average molecular weight is 522 g/mol. The van der Waals surface area contributed by atoms with Gasteiger partial charge >= 0.3 is 0 Å². The second kappa shape index (κ2) is 9.24. The third-order valence-electron chi connectivity index (χ3n) is 4.83. The van der Waals surface area contributed by atoms with Crippen molar-refractivity contribution in [3.05, 3.63) is 74.2 Å². The zero-order valence-corrected chi connectivity index (χ0v) is 19.4. The number of hydrogen-bond donors (Lipinski definition) is 1. The molecule has 2 aromatic carbocycles. The highest BCUT2D eigenvalue weighted by atomic mass is 79.9. The smallest absolute Gasteiger partial charge is 0.295 e. The lowest BCUT2D eigenvalue weighted by Gasteiger charge is -2.26. The molecule has 1 aliphatic heterocycles. The molecule has 1 atom stereocenters. The lowest BCUT2D eigenvalue weighted by atomic mass is 9.95.